The molecule has 0 aliphatic carbocycles. The van der Waals surface area contributed by atoms with E-state index in [2.05, 4.69) is 20.4 Å². The Labute approximate surface area is 119 Å². The predicted molar refractivity (Wildman–Crippen MR) is 79.3 cm³/mol. The third kappa shape index (κ3) is 1.92. The standard InChI is InChI=1S/C15H12FN5/c1-9-6-7-13-12(8-9)18-15-19-14(20-21(13)15)17-11-5-3-2-4-10(11)16/h2-8H,1H3,(H2,17,18,19,20). The first kappa shape index (κ1) is 11.9. The van der Waals surface area contributed by atoms with E-state index in [0.717, 1.165) is 16.6 Å². The molecule has 0 saturated carbocycles. The Morgan fingerprint density at radius 1 is 1.14 bits per heavy atom. The van der Waals surface area contributed by atoms with Crippen LogP contribution in [0.3, 0.4) is 0 Å². The number of rotatable bonds is 2. The quantitative estimate of drug-likeness (QED) is 0.592. The number of para-hydroxylation sites is 1. The average Bonchev–Trinajstić information content (AvgIpc) is 2.97. The molecule has 4 aromatic rings. The number of hydrogen-bond donors (Lipinski definition) is 2. The van der Waals surface area contributed by atoms with E-state index >= 15 is 0 Å². The Kier molecular flexibility index (Phi) is 2.44. The van der Waals surface area contributed by atoms with Gasteiger partial charge in [0.25, 0.3) is 5.78 Å². The number of fused-ring (bicyclic) bond motifs is 3. The Hall–Kier alpha value is -2.89. The molecule has 5 nitrogen and oxygen atoms in total. The van der Waals surface area contributed by atoms with Gasteiger partial charge < -0.3 is 5.32 Å². The molecule has 2 aromatic heterocycles. The number of hydrogen-bond acceptors (Lipinski definition) is 3. The van der Waals surface area contributed by atoms with Crippen LogP contribution in [0.4, 0.5) is 16.0 Å². The number of nitrogens with zero attached hydrogens (tertiary/aromatic N) is 3. The van der Waals surface area contributed by atoms with Crippen LogP contribution in [0.15, 0.2) is 42.5 Å². The predicted octanol–water partition coefficient (Wildman–Crippen LogP) is 3.40. The highest BCUT2D eigenvalue weighted by atomic mass is 19.1. The van der Waals surface area contributed by atoms with E-state index in [1.807, 2.05) is 25.1 Å². The molecule has 6 heteroatoms. The van der Waals surface area contributed by atoms with Gasteiger partial charge in [-0.3, -0.25) is 5.10 Å². The van der Waals surface area contributed by atoms with Crippen molar-refractivity contribution in [3.05, 3.63) is 53.8 Å². The van der Waals surface area contributed by atoms with E-state index in [1.54, 1.807) is 22.7 Å². The minimum Gasteiger partial charge on any atom is -0.322 e. The monoisotopic (exact) mass is 281 g/mol. The summed E-state index contributed by atoms with van der Waals surface area (Å²) in [6.07, 6.45) is 0. The molecule has 0 aliphatic heterocycles. The number of aromatic amines is 1. The first-order valence-corrected chi connectivity index (χ1v) is 6.57. The third-order valence-corrected chi connectivity index (χ3v) is 3.35. The highest BCUT2D eigenvalue weighted by Crippen LogP contribution is 2.20. The topological polar surface area (TPSA) is 58.0 Å². The number of aromatic nitrogens is 4. The molecule has 0 bridgehead atoms. The molecule has 0 radical (unpaired) electrons. The van der Waals surface area contributed by atoms with Crippen molar-refractivity contribution < 1.29 is 4.39 Å². The zero-order valence-corrected chi connectivity index (χ0v) is 11.3. The van der Waals surface area contributed by atoms with Crippen molar-refractivity contribution in [2.75, 3.05) is 5.32 Å². The fourth-order valence-corrected chi connectivity index (χ4v) is 2.34. The van der Waals surface area contributed by atoms with Gasteiger partial charge in [-0.1, -0.05) is 18.2 Å². The van der Waals surface area contributed by atoms with Gasteiger partial charge in [0.15, 0.2) is 0 Å². The van der Waals surface area contributed by atoms with Crippen LogP contribution in [-0.4, -0.2) is 19.6 Å². The maximum absolute atomic E-state index is 13.6. The zero-order valence-electron chi connectivity index (χ0n) is 11.3. The van der Waals surface area contributed by atoms with Crippen LogP contribution in [0, 0.1) is 12.7 Å². The van der Waals surface area contributed by atoms with Crippen molar-refractivity contribution >= 4 is 28.4 Å². The minimum atomic E-state index is -0.327. The van der Waals surface area contributed by atoms with Crippen LogP contribution >= 0.6 is 0 Å². The summed E-state index contributed by atoms with van der Waals surface area (Å²) < 4.78 is 15.4. The molecule has 0 spiro atoms. The molecule has 0 fully saturated rings. The maximum atomic E-state index is 13.6. The highest BCUT2D eigenvalue weighted by Gasteiger charge is 2.10. The number of imidazole rings is 1. The largest absolute Gasteiger partial charge is 0.322 e. The van der Waals surface area contributed by atoms with Gasteiger partial charge in [-0.2, -0.15) is 4.98 Å². The van der Waals surface area contributed by atoms with Crippen molar-refractivity contribution in [1.82, 2.24) is 19.6 Å². The van der Waals surface area contributed by atoms with Crippen LogP contribution in [0.2, 0.25) is 0 Å². The van der Waals surface area contributed by atoms with Crippen molar-refractivity contribution in [3.63, 3.8) is 0 Å². The molecule has 0 amide bonds. The van der Waals surface area contributed by atoms with Crippen LogP contribution in [0.5, 0.6) is 0 Å². The van der Waals surface area contributed by atoms with Gasteiger partial charge in [0.05, 0.1) is 16.7 Å². The number of halogens is 1. The van der Waals surface area contributed by atoms with E-state index < -0.39 is 0 Å². The lowest BCUT2D eigenvalue weighted by Gasteiger charge is -2.02. The summed E-state index contributed by atoms with van der Waals surface area (Å²) in [5.74, 6) is 0.673. The van der Waals surface area contributed by atoms with Crippen LogP contribution in [0.1, 0.15) is 5.56 Å². The van der Waals surface area contributed by atoms with Gasteiger partial charge in [-0.15, -0.1) is 0 Å². The minimum absolute atomic E-state index is 0.327. The first-order valence-electron chi connectivity index (χ1n) is 6.57. The maximum Gasteiger partial charge on any atom is 0.253 e. The van der Waals surface area contributed by atoms with E-state index in [9.17, 15) is 4.39 Å². The summed E-state index contributed by atoms with van der Waals surface area (Å²) in [6, 6.07) is 12.5. The number of nitrogens with one attached hydrogen (secondary N) is 2. The van der Waals surface area contributed by atoms with Gasteiger partial charge >= 0.3 is 0 Å². The Morgan fingerprint density at radius 2 is 2.00 bits per heavy atom. The van der Waals surface area contributed by atoms with E-state index in [4.69, 9.17) is 0 Å². The van der Waals surface area contributed by atoms with E-state index in [-0.39, 0.29) is 5.82 Å². The summed E-state index contributed by atoms with van der Waals surface area (Å²) in [7, 11) is 0. The molecule has 104 valence electrons. The average molecular weight is 281 g/mol. The normalized spacial score (nSPS) is 11.3. The van der Waals surface area contributed by atoms with Gasteiger partial charge in [-0.05, 0) is 36.8 Å². The van der Waals surface area contributed by atoms with Crippen molar-refractivity contribution in [3.8, 4) is 0 Å². The summed E-state index contributed by atoms with van der Waals surface area (Å²) in [6.45, 7) is 2.02. The first-order chi connectivity index (χ1) is 10.2. The van der Waals surface area contributed by atoms with Gasteiger partial charge in [0.1, 0.15) is 5.82 Å². The number of anilines is 2. The molecule has 0 unspecified atom stereocenters. The lowest BCUT2D eigenvalue weighted by molar-refractivity contribution is 0.631. The number of H-pyrrole nitrogens is 1. The van der Waals surface area contributed by atoms with E-state index in [1.165, 1.54) is 6.07 Å². The van der Waals surface area contributed by atoms with Crippen LogP contribution < -0.4 is 5.32 Å². The van der Waals surface area contributed by atoms with Crippen molar-refractivity contribution in [2.45, 2.75) is 6.92 Å². The molecule has 2 aromatic carbocycles. The van der Waals surface area contributed by atoms with E-state index in [0.29, 0.717) is 17.4 Å². The van der Waals surface area contributed by atoms with Crippen LogP contribution in [-0.2, 0) is 0 Å². The summed E-state index contributed by atoms with van der Waals surface area (Å²) in [5.41, 5.74) is 3.33. The highest BCUT2D eigenvalue weighted by molar-refractivity contribution is 5.80. The Balaban J connectivity index is 1.79. The molecule has 4 rings (SSSR count). The fraction of sp³-hybridized carbons (Fsp3) is 0.0667. The van der Waals surface area contributed by atoms with Crippen molar-refractivity contribution in [1.29, 1.82) is 0 Å². The molecular weight excluding hydrogens is 269 g/mol. The van der Waals surface area contributed by atoms with Gasteiger partial charge in [-0.25, -0.2) is 13.9 Å². The second kappa shape index (κ2) is 4.31. The molecule has 2 N–H and O–H groups in total. The second-order valence-electron chi connectivity index (χ2n) is 4.92. The molecule has 0 atom stereocenters. The number of benzene rings is 2. The van der Waals surface area contributed by atoms with Gasteiger partial charge in [0.2, 0.25) is 5.95 Å². The second-order valence-corrected chi connectivity index (χ2v) is 4.92. The fourth-order valence-electron chi connectivity index (χ4n) is 2.34. The summed E-state index contributed by atoms with van der Waals surface area (Å²) >= 11 is 0. The number of aryl methyl sites for hydroxylation is 1. The van der Waals surface area contributed by atoms with Gasteiger partial charge in [0, 0.05) is 0 Å². The molecule has 21 heavy (non-hydrogen) atoms. The molecule has 0 saturated heterocycles. The summed E-state index contributed by atoms with van der Waals surface area (Å²) in [5, 5.41) is 6.00. The summed E-state index contributed by atoms with van der Waals surface area (Å²) in [4.78, 5) is 8.78. The molecule has 2 heterocycles. The van der Waals surface area contributed by atoms with Crippen LogP contribution in [0.25, 0.3) is 16.8 Å². The zero-order chi connectivity index (χ0) is 14.4. The smallest absolute Gasteiger partial charge is 0.253 e. The molecular formula is C15H12FN5. The lowest BCUT2D eigenvalue weighted by Crippen LogP contribution is -1.96. The Morgan fingerprint density at radius 3 is 2.86 bits per heavy atom. The third-order valence-electron chi connectivity index (χ3n) is 3.35. The molecule has 0 aliphatic rings. The Bertz CT molecular complexity index is 953. The van der Waals surface area contributed by atoms with Crippen molar-refractivity contribution in [2.24, 2.45) is 0 Å². The lowest BCUT2D eigenvalue weighted by atomic mass is 10.2. The SMILES string of the molecule is Cc1ccc2c(c1)nc1nc(Nc3ccccc3F)[nH]n12.